The molecule has 0 saturated heterocycles. The standard InChI is InChI=1S/C13H13I3N2O4/c1-3-4-6(20)18-12-9(15)7(13(21)22)8(14)11(10(12)16)17-5(2)19/h3-4H2,1-2H3,(H,17,19)(H,18,20)(H,21,22). The maximum atomic E-state index is 11.9. The van der Waals surface area contributed by atoms with E-state index in [1.807, 2.05) is 74.7 Å². The summed E-state index contributed by atoms with van der Waals surface area (Å²) in [5.74, 6) is -1.60. The lowest BCUT2D eigenvalue weighted by atomic mass is 10.1. The van der Waals surface area contributed by atoms with Crippen LogP contribution in [-0.2, 0) is 9.59 Å². The maximum absolute atomic E-state index is 11.9. The van der Waals surface area contributed by atoms with E-state index in [4.69, 9.17) is 0 Å². The van der Waals surface area contributed by atoms with Crippen LogP contribution in [0, 0.1) is 10.7 Å². The van der Waals surface area contributed by atoms with Crippen LogP contribution in [0.3, 0.4) is 0 Å². The minimum absolute atomic E-state index is 0.0668. The fraction of sp³-hybridized carbons (Fsp3) is 0.308. The summed E-state index contributed by atoms with van der Waals surface area (Å²) in [4.78, 5) is 34.7. The maximum Gasteiger partial charge on any atom is 0.338 e. The normalized spacial score (nSPS) is 10.2. The molecule has 1 aromatic carbocycles. The molecule has 0 fully saturated rings. The molecule has 3 N–H and O–H groups in total. The van der Waals surface area contributed by atoms with Crippen LogP contribution >= 0.6 is 67.8 Å². The second-order valence-corrected chi connectivity index (χ2v) is 7.59. The van der Waals surface area contributed by atoms with Gasteiger partial charge in [0.2, 0.25) is 11.8 Å². The van der Waals surface area contributed by atoms with Crippen molar-refractivity contribution < 1.29 is 19.5 Å². The number of carboxylic acid groups (broad SMARTS) is 1. The smallest absolute Gasteiger partial charge is 0.338 e. The number of halogens is 3. The highest BCUT2D eigenvalue weighted by atomic mass is 127. The van der Waals surface area contributed by atoms with Crippen molar-refractivity contribution in [2.24, 2.45) is 0 Å². The van der Waals surface area contributed by atoms with Gasteiger partial charge in [0, 0.05) is 13.3 Å². The number of hydrogen-bond donors (Lipinski definition) is 3. The fourth-order valence-corrected chi connectivity index (χ4v) is 5.84. The highest BCUT2D eigenvalue weighted by Gasteiger charge is 2.25. The first-order valence-electron chi connectivity index (χ1n) is 6.21. The van der Waals surface area contributed by atoms with Gasteiger partial charge in [0.05, 0.1) is 27.6 Å². The van der Waals surface area contributed by atoms with Gasteiger partial charge in [-0.3, -0.25) is 9.59 Å². The molecule has 0 aromatic heterocycles. The molecule has 0 aliphatic rings. The molecule has 0 bridgehead atoms. The van der Waals surface area contributed by atoms with E-state index in [1.165, 1.54) is 6.92 Å². The summed E-state index contributed by atoms with van der Waals surface area (Å²) in [7, 11) is 0. The molecule has 1 rings (SSSR count). The molecule has 1 aromatic rings. The second kappa shape index (κ2) is 8.61. The van der Waals surface area contributed by atoms with Crippen LogP contribution in [0.25, 0.3) is 0 Å². The van der Waals surface area contributed by atoms with Gasteiger partial charge in [-0.1, -0.05) is 6.92 Å². The second-order valence-electron chi connectivity index (χ2n) is 4.35. The van der Waals surface area contributed by atoms with Gasteiger partial charge in [0.25, 0.3) is 0 Å². The molecule has 0 aliphatic heterocycles. The van der Waals surface area contributed by atoms with Crippen LogP contribution in [0.4, 0.5) is 11.4 Å². The number of carbonyl (C=O) groups is 3. The molecule has 0 unspecified atom stereocenters. The molecule has 2 amide bonds. The lowest BCUT2D eigenvalue weighted by Crippen LogP contribution is -2.19. The zero-order valence-corrected chi connectivity index (χ0v) is 18.2. The summed E-state index contributed by atoms with van der Waals surface area (Å²) >= 11 is 5.79. The highest BCUT2D eigenvalue weighted by molar-refractivity contribution is 14.1. The Kier molecular flexibility index (Phi) is 7.78. The molecule has 0 aliphatic carbocycles. The molecule has 0 atom stereocenters. The molecule has 0 spiro atoms. The number of carboxylic acids is 1. The first-order valence-corrected chi connectivity index (χ1v) is 9.45. The van der Waals surface area contributed by atoms with Gasteiger partial charge >= 0.3 is 5.97 Å². The highest BCUT2D eigenvalue weighted by Crippen LogP contribution is 2.38. The van der Waals surface area contributed by atoms with Gasteiger partial charge in [-0.25, -0.2) is 4.79 Å². The summed E-state index contributed by atoms with van der Waals surface area (Å²) in [6, 6.07) is 0. The van der Waals surface area contributed by atoms with Gasteiger partial charge in [0.15, 0.2) is 0 Å². The number of rotatable bonds is 5. The van der Waals surface area contributed by atoms with Crippen LogP contribution in [-0.4, -0.2) is 22.9 Å². The minimum atomic E-state index is -1.11. The van der Waals surface area contributed by atoms with Crippen molar-refractivity contribution >= 4 is 96.9 Å². The Hall–Kier alpha value is -0.180. The number of amides is 2. The van der Waals surface area contributed by atoms with Gasteiger partial charge in [-0.2, -0.15) is 0 Å². The van der Waals surface area contributed by atoms with Crippen LogP contribution in [0.2, 0.25) is 0 Å². The molecule has 0 radical (unpaired) electrons. The third-order valence-corrected chi connectivity index (χ3v) is 5.81. The van der Waals surface area contributed by atoms with Crippen molar-refractivity contribution in [2.75, 3.05) is 10.6 Å². The third kappa shape index (κ3) is 4.66. The summed E-state index contributed by atoms with van der Waals surface area (Å²) in [5.41, 5.74) is 0.886. The number of benzene rings is 1. The van der Waals surface area contributed by atoms with Gasteiger partial charge in [-0.05, 0) is 74.2 Å². The minimum Gasteiger partial charge on any atom is -0.478 e. The molecule has 9 heteroatoms. The molecular weight excluding hydrogens is 629 g/mol. The Labute approximate surface area is 168 Å². The first-order chi connectivity index (χ1) is 10.2. The van der Waals surface area contributed by atoms with E-state index < -0.39 is 5.97 Å². The monoisotopic (exact) mass is 642 g/mol. The molecule has 0 heterocycles. The molecular formula is C13H13I3N2O4. The third-order valence-electron chi connectivity index (χ3n) is 2.57. The van der Waals surface area contributed by atoms with Crippen molar-refractivity contribution in [3.63, 3.8) is 0 Å². The van der Waals surface area contributed by atoms with Crippen LogP contribution in [0.5, 0.6) is 0 Å². The van der Waals surface area contributed by atoms with Crippen molar-refractivity contribution in [1.29, 1.82) is 0 Å². The van der Waals surface area contributed by atoms with E-state index in [-0.39, 0.29) is 17.4 Å². The Bertz CT molecular complexity index is 647. The quantitative estimate of drug-likeness (QED) is 0.426. The van der Waals surface area contributed by atoms with Crippen LogP contribution in [0.15, 0.2) is 0 Å². The largest absolute Gasteiger partial charge is 0.478 e. The average molecular weight is 642 g/mol. The molecule has 120 valence electrons. The van der Waals surface area contributed by atoms with E-state index >= 15 is 0 Å². The van der Waals surface area contributed by atoms with E-state index in [2.05, 4.69) is 10.6 Å². The zero-order chi connectivity index (χ0) is 17.0. The summed E-state index contributed by atoms with van der Waals surface area (Å²) < 4.78 is 1.48. The van der Waals surface area contributed by atoms with E-state index in [9.17, 15) is 19.5 Å². The van der Waals surface area contributed by atoms with Crippen LogP contribution < -0.4 is 10.6 Å². The first kappa shape index (κ1) is 19.9. The molecule has 6 nitrogen and oxygen atoms in total. The van der Waals surface area contributed by atoms with Gasteiger partial charge in [-0.15, -0.1) is 0 Å². The number of aromatic carboxylic acids is 1. The van der Waals surface area contributed by atoms with E-state index in [0.717, 1.165) is 0 Å². The SMILES string of the molecule is CCCC(=O)Nc1c(I)c(NC(C)=O)c(I)c(C(=O)O)c1I. The summed E-state index contributed by atoms with van der Waals surface area (Å²) in [5, 5.41) is 14.8. The summed E-state index contributed by atoms with van der Waals surface area (Å²) in [6.07, 6.45) is 1.03. The number of nitrogens with one attached hydrogen (secondary N) is 2. The molecule has 0 saturated carbocycles. The van der Waals surface area contributed by atoms with Crippen molar-refractivity contribution in [3.8, 4) is 0 Å². The number of hydrogen-bond acceptors (Lipinski definition) is 3. The van der Waals surface area contributed by atoms with Crippen molar-refractivity contribution in [2.45, 2.75) is 26.7 Å². The van der Waals surface area contributed by atoms with Crippen LogP contribution in [0.1, 0.15) is 37.0 Å². The Morgan fingerprint density at radius 2 is 1.50 bits per heavy atom. The van der Waals surface area contributed by atoms with Crippen molar-refractivity contribution in [1.82, 2.24) is 0 Å². The zero-order valence-electron chi connectivity index (χ0n) is 11.7. The van der Waals surface area contributed by atoms with E-state index in [0.29, 0.717) is 34.9 Å². The predicted molar refractivity (Wildman–Crippen MR) is 109 cm³/mol. The number of carbonyl (C=O) groups excluding carboxylic acids is 2. The van der Waals surface area contributed by atoms with Gasteiger partial charge in [0.1, 0.15) is 0 Å². The Balaban J connectivity index is 3.54. The van der Waals surface area contributed by atoms with E-state index in [1.54, 1.807) is 0 Å². The predicted octanol–water partition coefficient (Wildman–Crippen LogP) is 3.90. The fourth-order valence-electron chi connectivity index (χ4n) is 1.68. The lowest BCUT2D eigenvalue weighted by molar-refractivity contribution is -0.116. The Morgan fingerprint density at radius 1 is 1.00 bits per heavy atom. The lowest BCUT2D eigenvalue weighted by Gasteiger charge is -2.18. The molecule has 22 heavy (non-hydrogen) atoms. The Morgan fingerprint density at radius 3 is 1.91 bits per heavy atom. The van der Waals surface area contributed by atoms with Crippen molar-refractivity contribution in [3.05, 3.63) is 16.3 Å². The van der Waals surface area contributed by atoms with Gasteiger partial charge < -0.3 is 15.7 Å². The number of anilines is 2. The topological polar surface area (TPSA) is 95.5 Å². The summed E-state index contributed by atoms with van der Waals surface area (Å²) in [6.45, 7) is 3.23. The average Bonchev–Trinajstić information content (AvgIpc) is 2.39.